The average Bonchev–Trinajstić information content (AvgIpc) is 2.35. The minimum Gasteiger partial charge on any atom is -0.399 e. The first-order valence-corrected chi connectivity index (χ1v) is 6.47. The van der Waals surface area contributed by atoms with Gasteiger partial charge in [0.25, 0.3) is 0 Å². The van der Waals surface area contributed by atoms with E-state index in [0.717, 1.165) is 31.7 Å². The van der Waals surface area contributed by atoms with E-state index in [4.69, 9.17) is 26.8 Å². The van der Waals surface area contributed by atoms with Crippen molar-refractivity contribution < 1.29 is 9.47 Å². The van der Waals surface area contributed by atoms with E-state index in [1.165, 1.54) is 0 Å². The van der Waals surface area contributed by atoms with Gasteiger partial charge < -0.3 is 20.5 Å². The standard InChI is InChI=1S/C13H21ClN2O2/c1-17-8-9-18-7-3-2-6-16-13-5-4-11(15)10-12(13)14/h4-5,10,16H,2-3,6-9,15H2,1H3. The molecule has 18 heavy (non-hydrogen) atoms. The minimum atomic E-state index is 0.652. The van der Waals surface area contributed by atoms with Crippen LogP contribution in [0.4, 0.5) is 11.4 Å². The van der Waals surface area contributed by atoms with Crippen LogP contribution in [-0.4, -0.2) is 33.5 Å². The third-order valence-corrected chi connectivity index (χ3v) is 2.77. The fourth-order valence-electron chi connectivity index (χ4n) is 1.47. The number of nitrogen functional groups attached to an aromatic ring is 1. The lowest BCUT2D eigenvalue weighted by Crippen LogP contribution is -2.06. The maximum atomic E-state index is 6.05. The molecule has 102 valence electrons. The van der Waals surface area contributed by atoms with Crippen molar-refractivity contribution in [2.75, 3.05) is 44.5 Å². The molecule has 0 aliphatic carbocycles. The smallest absolute Gasteiger partial charge is 0.0700 e. The summed E-state index contributed by atoms with van der Waals surface area (Å²) in [6.45, 7) is 2.95. The highest BCUT2D eigenvalue weighted by Gasteiger charge is 1.99. The summed E-state index contributed by atoms with van der Waals surface area (Å²) in [4.78, 5) is 0. The molecule has 1 rings (SSSR count). The third kappa shape index (κ3) is 6.10. The first kappa shape index (κ1) is 15.1. The van der Waals surface area contributed by atoms with E-state index < -0.39 is 0 Å². The number of unbranched alkanes of at least 4 members (excludes halogenated alkanes) is 1. The van der Waals surface area contributed by atoms with Crippen molar-refractivity contribution in [1.82, 2.24) is 0 Å². The van der Waals surface area contributed by atoms with Crippen LogP contribution in [0.25, 0.3) is 0 Å². The van der Waals surface area contributed by atoms with Crippen molar-refractivity contribution in [2.45, 2.75) is 12.8 Å². The van der Waals surface area contributed by atoms with E-state index in [2.05, 4.69) is 5.32 Å². The van der Waals surface area contributed by atoms with Gasteiger partial charge in [-0.1, -0.05) is 11.6 Å². The number of anilines is 2. The second kappa shape index (κ2) is 9.03. The Morgan fingerprint density at radius 1 is 1.22 bits per heavy atom. The van der Waals surface area contributed by atoms with Gasteiger partial charge in [0.15, 0.2) is 0 Å². The van der Waals surface area contributed by atoms with Crippen LogP contribution in [0.15, 0.2) is 18.2 Å². The molecule has 3 N–H and O–H groups in total. The number of halogens is 1. The van der Waals surface area contributed by atoms with Crippen LogP contribution in [0.3, 0.4) is 0 Å². The molecule has 5 heteroatoms. The zero-order valence-corrected chi connectivity index (χ0v) is 11.5. The zero-order valence-electron chi connectivity index (χ0n) is 10.7. The molecular weight excluding hydrogens is 252 g/mol. The molecule has 0 atom stereocenters. The van der Waals surface area contributed by atoms with Gasteiger partial charge >= 0.3 is 0 Å². The molecule has 0 aliphatic rings. The SMILES string of the molecule is COCCOCCCCNc1ccc(N)cc1Cl. The maximum absolute atomic E-state index is 6.05. The monoisotopic (exact) mass is 272 g/mol. The van der Waals surface area contributed by atoms with Crippen molar-refractivity contribution in [2.24, 2.45) is 0 Å². The first-order chi connectivity index (χ1) is 8.74. The topological polar surface area (TPSA) is 56.5 Å². The zero-order chi connectivity index (χ0) is 13.2. The van der Waals surface area contributed by atoms with Gasteiger partial charge in [-0.2, -0.15) is 0 Å². The number of methoxy groups -OCH3 is 1. The van der Waals surface area contributed by atoms with Crippen molar-refractivity contribution in [1.29, 1.82) is 0 Å². The summed E-state index contributed by atoms with van der Waals surface area (Å²) in [7, 11) is 1.67. The van der Waals surface area contributed by atoms with Crippen molar-refractivity contribution in [3.8, 4) is 0 Å². The van der Waals surface area contributed by atoms with Gasteiger partial charge in [0.1, 0.15) is 0 Å². The molecule has 0 unspecified atom stereocenters. The molecule has 0 heterocycles. The molecule has 0 fully saturated rings. The van der Waals surface area contributed by atoms with Crippen LogP contribution in [0, 0.1) is 0 Å². The molecule has 1 aromatic carbocycles. The Balaban J connectivity index is 2.07. The lowest BCUT2D eigenvalue weighted by Gasteiger charge is -2.09. The molecule has 0 bridgehead atoms. The van der Waals surface area contributed by atoms with E-state index in [1.807, 2.05) is 12.1 Å². The van der Waals surface area contributed by atoms with Gasteiger partial charge in [-0.25, -0.2) is 0 Å². The Morgan fingerprint density at radius 2 is 2.06 bits per heavy atom. The second-order valence-corrected chi connectivity index (χ2v) is 4.39. The Bertz CT molecular complexity index is 348. The molecule has 0 radical (unpaired) electrons. The van der Waals surface area contributed by atoms with Crippen molar-refractivity contribution >= 4 is 23.0 Å². The first-order valence-electron chi connectivity index (χ1n) is 6.09. The summed E-state index contributed by atoms with van der Waals surface area (Å²) >= 11 is 6.05. The van der Waals surface area contributed by atoms with E-state index in [1.54, 1.807) is 13.2 Å². The molecule has 1 aromatic rings. The summed E-state index contributed by atoms with van der Waals surface area (Å²) in [5.74, 6) is 0. The van der Waals surface area contributed by atoms with Gasteiger partial charge in [-0.15, -0.1) is 0 Å². The summed E-state index contributed by atoms with van der Waals surface area (Å²) in [5, 5.41) is 3.93. The van der Waals surface area contributed by atoms with Gasteiger partial charge in [-0.05, 0) is 31.0 Å². The lowest BCUT2D eigenvalue weighted by molar-refractivity contribution is 0.0691. The second-order valence-electron chi connectivity index (χ2n) is 3.98. The maximum Gasteiger partial charge on any atom is 0.0700 e. The van der Waals surface area contributed by atoms with Gasteiger partial charge in [-0.3, -0.25) is 0 Å². The third-order valence-electron chi connectivity index (χ3n) is 2.46. The Labute approximate surface area is 113 Å². The molecule has 0 aromatic heterocycles. The molecule has 0 amide bonds. The number of ether oxygens (including phenoxy) is 2. The number of hydrogen-bond acceptors (Lipinski definition) is 4. The predicted molar refractivity (Wildman–Crippen MR) is 76.3 cm³/mol. The van der Waals surface area contributed by atoms with Gasteiger partial charge in [0.2, 0.25) is 0 Å². The van der Waals surface area contributed by atoms with E-state index in [-0.39, 0.29) is 0 Å². The van der Waals surface area contributed by atoms with Crippen LogP contribution in [0.2, 0.25) is 5.02 Å². The molecule has 0 saturated heterocycles. The molecule has 0 spiro atoms. The molecule has 0 aliphatic heterocycles. The van der Waals surface area contributed by atoms with Crippen molar-refractivity contribution in [3.05, 3.63) is 23.2 Å². The fourth-order valence-corrected chi connectivity index (χ4v) is 1.73. The summed E-state index contributed by atoms with van der Waals surface area (Å²) in [6.07, 6.45) is 2.05. The van der Waals surface area contributed by atoms with Crippen molar-refractivity contribution in [3.63, 3.8) is 0 Å². The highest BCUT2D eigenvalue weighted by Crippen LogP contribution is 2.23. The molecule has 0 saturated carbocycles. The van der Waals surface area contributed by atoms with Crippen LogP contribution in [0.5, 0.6) is 0 Å². The quantitative estimate of drug-likeness (QED) is 0.536. The minimum absolute atomic E-state index is 0.652. The number of nitrogens with one attached hydrogen (secondary N) is 1. The van der Waals surface area contributed by atoms with Gasteiger partial charge in [0, 0.05) is 25.9 Å². The largest absolute Gasteiger partial charge is 0.399 e. The highest BCUT2D eigenvalue weighted by molar-refractivity contribution is 6.33. The average molecular weight is 273 g/mol. The number of rotatable bonds is 9. The number of nitrogens with two attached hydrogens (primary N) is 1. The van der Waals surface area contributed by atoms with Crippen LogP contribution in [0.1, 0.15) is 12.8 Å². The lowest BCUT2D eigenvalue weighted by atomic mass is 10.2. The van der Waals surface area contributed by atoms with Crippen LogP contribution in [-0.2, 0) is 9.47 Å². The van der Waals surface area contributed by atoms with Crippen LogP contribution < -0.4 is 11.1 Å². The Kier molecular flexibility index (Phi) is 7.57. The number of hydrogen-bond donors (Lipinski definition) is 2. The predicted octanol–water partition coefficient (Wildman–Crippen LogP) is 2.78. The van der Waals surface area contributed by atoms with E-state index in [0.29, 0.717) is 23.9 Å². The van der Waals surface area contributed by atoms with E-state index >= 15 is 0 Å². The Morgan fingerprint density at radius 3 is 2.78 bits per heavy atom. The van der Waals surface area contributed by atoms with Crippen LogP contribution >= 0.6 is 11.6 Å². The number of benzene rings is 1. The fraction of sp³-hybridized carbons (Fsp3) is 0.538. The van der Waals surface area contributed by atoms with Gasteiger partial charge in [0.05, 0.1) is 23.9 Å². The molecule has 4 nitrogen and oxygen atoms in total. The molecular formula is C13H21ClN2O2. The summed E-state index contributed by atoms with van der Waals surface area (Å²) in [5.41, 5.74) is 7.22. The summed E-state index contributed by atoms with van der Waals surface area (Å²) in [6, 6.07) is 5.48. The van der Waals surface area contributed by atoms with E-state index in [9.17, 15) is 0 Å². The highest BCUT2D eigenvalue weighted by atomic mass is 35.5. The normalized spacial score (nSPS) is 10.6. The summed E-state index contributed by atoms with van der Waals surface area (Å²) < 4.78 is 10.3. The Hall–Kier alpha value is -0.970.